The Morgan fingerprint density at radius 3 is 2.70 bits per heavy atom. The molecule has 6 nitrogen and oxygen atoms in total. The standard InChI is InChI=1S/C24H33N5O/c1-28-23(14-22(27-28)17-7-5-6-8-17)21-16-29-12-11-18(21)13-20(29)15-25-24(30)26-19-9-3-2-4-10-19/h2-4,9-10,14,17-18,20-21H,5-8,11-13,15-16H2,1H3,(H2,25,26,30)/t18-,20+,21-/m0/s1. The minimum Gasteiger partial charge on any atom is -0.336 e. The first kappa shape index (κ1) is 19.6. The van der Waals surface area contributed by atoms with Gasteiger partial charge in [-0.3, -0.25) is 9.58 Å². The van der Waals surface area contributed by atoms with E-state index >= 15 is 0 Å². The Kier molecular flexibility index (Phi) is 5.50. The lowest BCUT2D eigenvalue weighted by Crippen LogP contribution is -2.56. The number of amides is 2. The average molecular weight is 408 g/mol. The summed E-state index contributed by atoms with van der Waals surface area (Å²) in [4.78, 5) is 14.8. The number of aryl methyl sites for hydroxylation is 1. The second kappa shape index (κ2) is 8.42. The van der Waals surface area contributed by atoms with Gasteiger partial charge in [0.05, 0.1) is 5.69 Å². The Morgan fingerprint density at radius 1 is 1.17 bits per heavy atom. The molecule has 3 saturated heterocycles. The second-order valence-electron chi connectivity index (χ2n) is 9.34. The number of aromatic nitrogens is 2. The van der Waals surface area contributed by atoms with Crippen LogP contribution in [0.1, 0.15) is 61.7 Å². The maximum absolute atomic E-state index is 12.3. The molecule has 3 aliphatic heterocycles. The van der Waals surface area contributed by atoms with Crippen molar-refractivity contribution in [3.05, 3.63) is 47.8 Å². The quantitative estimate of drug-likeness (QED) is 0.785. The third-order valence-corrected chi connectivity index (χ3v) is 7.50. The van der Waals surface area contributed by atoms with Gasteiger partial charge in [-0.15, -0.1) is 0 Å². The predicted octanol–water partition coefficient (Wildman–Crippen LogP) is 4.08. The van der Waals surface area contributed by atoms with Crippen LogP contribution in [0.2, 0.25) is 0 Å². The van der Waals surface area contributed by atoms with E-state index in [1.54, 1.807) is 0 Å². The summed E-state index contributed by atoms with van der Waals surface area (Å²) in [5.41, 5.74) is 3.56. The van der Waals surface area contributed by atoms with E-state index in [9.17, 15) is 4.79 Å². The number of benzene rings is 1. The van der Waals surface area contributed by atoms with Gasteiger partial charge in [-0.25, -0.2) is 4.79 Å². The molecule has 6 heteroatoms. The molecular weight excluding hydrogens is 374 g/mol. The molecule has 30 heavy (non-hydrogen) atoms. The zero-order valence-corrected chi connectivity index (χ0v) is 17.9. The number of nitrogens with zero attached hydrogens (tertiary/aromatic N) is 3. The van der Waals surface area contributed by atoms with Gasteiger partial charge in [-0.1, -0.05) is 31.0 Å². The van der Waals surface area contributed by atoms with Crippen LogP contribution in [-0.4, -0.2) is 46.4 Å². The molecule has 1 aromatic carbocycles. The molecule has 2 N–H and O–H groups in total. The number of para-hydroxylation sites is 1. The molecule has 2 amide bonds. The highest BCUT2D eigenvalue weighted by Gasteiger charge is 2.42. The van der Waals surface area contributed by atoms with Crippen LogP contribution in [0.4, 0.5) is 10.5 Å². The van der Waals surface area contributed by atoms with Crippen molar-refractivity contribution in [3.63, 3.8) is 0 Å². The van der Waals surface area contributed by atoms with Gasteiger partial charge in [0.2, 0.25) is 0 Å². The topological polar surface area (TPSA) is 62.2 Å². The van der Waals surface area contributed by atoms with Gasteiger partial charge in [0.15, 0.2) is 0 Å². The number of rotatable bonds is 5. The number of carbonyl (C=O) groups excluding carboxylic acids is 1. The van der Waals surface area contributed by atoms with E-state index in [0.717, 1.165) is 25.2 Å². The first-order valence-corrected chi connectivity index (χ1v) is 11.5. The largest absolute Gasteiger partial charge is 0.336 e. The van der Waals surface area contributed by atoms with Gasteiger partial charge in [0.1, 0.15) is 0 Å². The van der Waals surface area contributed by atoms with Crippen molar-refractivity contribution in [3.8, 4) is 0 Å². The number of fused-ring (bicyclic) bond motifs is 3. The Hall–Kier alpha value is -2.34. The van der Waals surface area contributed by atoms with Gasteiger partial charge >= 0.3 is 6.03 Å². The third kappa shape index (κ3) is 3.97. The molecule has 0 spiro atoms. The molecule has 2 aromatic rings. The van der Waals surface area contributed by atoms with Crippen LogP contribution in [0, 0.1) is 5.92 Å². The Morgan fingerprint density at radius 2 is 1.97 bits per heavy atom. The fourth-order valence-electron chi connectivity index (χ4n) is 5.87. The molecule has 160 valence electrons. The lowest BCUT2D eigenvalue weighted by atomic mass is 9.74. The van der Waals surface area contributed by atoms with Crippen molar-refractivity contribution in [1.29, 1.82) is 0 Å². The Bertz CT molecular complexity index is 873. The van der Waals surface area contributed by atoms with E-state index in [2.05, 4.69) is 33.3 Å². The molecule has 4 aliphatic rings. The molecule has 1 saturated carbocycles. The summed E-state index contributed by atoms with van der Waals surface area (Å²) >= 11 is 0. The fourth-order valence-corrected chi connectivity index (χ4v) is 5.87. The molecule has 1 unspecified atom stereocenters. The van der Waals surface area contributed by atoms with E-state index in [4.69, 9.17) is 5.10 Å². The number of carbonyl (C=O) groups is 1. The highest BCUT2D eigenvalue weighted by Crippen LogP contribution is 2.43. The third-order valence-electron chi connectivity index (χ3n) is 7.50. The normalized spacial score (nSPS) is 28.6. The van der Waals surface area contributed by atoms with E-state index in [0.29, 0.717) is 30.3 Å². The lowest BCUT2D eigenvalue weighted by Gasteiger charge is -2.49. The number of hydrogen-bond acceptors (Lipinski definition) is 3. The first-order chi connectivity index (χ1) is 14.7. The summed E-state index contributed by atoms with van der Waals surface area (Å²) in [6.45, 7) is 2.93. The van der Waals surface area contributed by atoms with E-state index < -0.39 is 0 Å². The van der Waals surface area contributed by atoms with Crippen molar-refractivity contribution >= 4 is 11.7 Å². The maximum atomic E-state index is 12.3. The smallest absolute Gasteiger partial charge is 0.319 e. The second-order valence-corrected chi connectivity index (χ2v) is 9.34. The monoisotopic (exact) mass is 407 g/mol. The van der Waals surface area contributed by atoms with E-state index in [1.807, 2.05) is 30.3 Å². The minimum absolute atomic E-state index is 0.117. The number of anilines is 1. The summed E-state index contributed by atoms with van der Waals surface area (Å²) < 4.78 is 2.15. The molecule has 2 bridgehead atoms. The first-order valence-electron chi connectivity index (χ1n) is 11.5. The van der Waals surface area contributed by atoms with Crippen molar-refractivity contribution in [2.24, 2.45) is 13.0 Å². The van der Waals surface area contributed by atoms with Gasteiger partial charge < -0.3 is 10.6 Å². The summed E-state index contributed by atoms with van der Waals surface area (Å²) in [6, 6.07) is 12.3. The van der Waals surface area contributed by atoms with Crippen molar-refractivity contribution in [1.82, 2.24) is 20.0 Å². The zero-order valence-electron chi connectivity index (χ0n) is 17.9. The van der Waals surface area contributed by atoms with Crippen LogP contribution in [0.15, 0.2) is 36.4 Å². The van der Waals surface area contributed by atoms with Crippen molar-refractivity contribution < 1.29 is 4.79 Å². The summed E-state index contributed by atoms with van der Waals surface area (Å²) in [7, 11) is 2.12. The highest BCUT2D eigenvalue weighted by atomic mass is 16.2. The average Bonchev–Trinajstić information content (AvgIpc) is 3.43. The molecule has 4 heterocycles. The summed E-state index contributed by atoms with van der Waals surface area (Å²) in [5.74, 6) is 1.93. The van der Waals surface area contributed by atoms with Crippen LogP contribution in [0.5, 0.6) is 0 Å². The number of urea groups is 1. The Balaban J connectivity index is 1.19. The number of piperidine rings is 3. The highest BCUT2D eigenvalue weighted by molar-refractivity contribution is 5.89. The molecule has 4 atom stereocenters. The number of nitrogens with one attached hydrogen (secondary N) is 2. The zero-order chi connectivity index (χ0) is 20.5. The van der Waals surface area contributed by atoms with Gasteiger partial charge in [-0.05, 0) is 56.3 Å². The SMILES string of the molecule is Cn1nc(C2CCCC2)cc1[C@H]1CN2CC[C@H]1C[C@@H]2CNC(=O)Nc1ccccc1. The van der Waals surface area contributed by atoms with E-state index in [-0.39, 0.29) is 6.03 Å². The molecule has 1 aromatic heterocycles. The summed E-state index contributed by atoms with van der Waals surface area (Å²) in [6.07, 6.45) is 7.71. The fraction of sp³-hybridized carbons (Fsp3) is 0.583. The van der Waals surface area contributed by atoms with Crippen LogP contribution in [0.3, 0.4) is 0 Å². The van der Waals surface area contributed by atoms with Crippen molar-refractivity contribution in [2.75, 3.05) is 25.0 Å². The van der Waals surface area contributed by atoms with Gasteiger partial charge in [-0.2, -0.15) is 5.10 Å². The maximum Gasteiger partial charge on any atom is 0.319 e. The predicted molar refractivity (Wildman–Crippen MR) is 119 cm³/mol. The molecule has 6 rings (SSSR count). The van der Waals surface area contributed by atoms with Gasteiger partial charge in [0.25, 0.3) is 0 Å². The van der Waals surface area contributed by atoms with Crippen molar-refractivity contribution in [2.45, 2.75) is 56.4 Å². The van der Waals surface area contributed by atoms with Crippen LogP contribution < -0.4 is 10.6 Å². The number of hydrogen-bond donors (Lipinski definition) is 2. The lowest BCUT2D eigenvalue weighted by molar-refractivity contribution is 0.0296. The summed E-state index contributed by atoms with van der Waals surface area (Å²) in [5, 5.41) is 10.9. The molecule has 1 aliphatic carbocycles. The Labute approximate surface area is 179 Å². The van der Waals surface area contributed by atoms with Gasteiger partial charge in [0, 0.05) is 49.4 Å². The minimum atomic E-state index is -0.117. The molecule has 0 radical (unpaired) electrons. The molecule has 4 fully saturated rings. The van der Waals surface area contributed by atoms with Crippen LogP contribution >= 0.6 is 0 Å². The van der Waals surface area contributed by atoms with E-state index in [1.165, 1.54) is 43.5 Å². The van der Waals surface area contributed by atoms with Crippen LogP contribution in [0.25, 0.3) is 0 Å². The van der Waals surface area contributed by atoms with Crippen LogP contribution in [-0.2, 0) is 7.05 Å². The molecular formula is C24H33N5O.